The lowest BCUT2D eigenvalue weighted by atomic mass is 10.3. The van der Waals surface area contributed by atoms with Crippen LogP contribution in [0, 0.1) is 0 Å². The smallest absolute Gasteiger partial charge is 0.329 e. The van der Waals surface area contributed by atoms with E-state index in [1.165, 1.54) is 6.20 Å². The highest BCUT2D eigenvalue weighted by Crippen LogP contribution is 1.90. The highest BCUT2D eigenvalue weighted by atomic mass is 16.5. The van der Waals surface area contributed by atoms with Crippen LogP contribution in [-0.2, 0) is 9.53 Å². The maximum Gasteiger partial charge on any atom is 0.329 e. The summed E-state index contributed by atoms with van der Waals surface area (Å²) in [4.78, 5) is 9.97. The first-order chi connectivity index (χ1) is 5.66. The van der Waals surface area contributed by atoms with E-state index in [1.54, 1.807) is 0 Å². The lowest BCUT2D eigenvalue weighted by Gasteiger charge is -2.01. The second kappa shape index (κ2) is 6.44. The van der Waals surface area contributed by atoms with Crippen molar-refractivity contribution >= 4 is 5.97 Å². The van der Waals surface area contributed by atoms with Crippen molar-refractivity contribution < 1.29 is 14.6 Å². The van der Waals surface area contributed by atoms with Gasteiger partial charge in [-0.1, -0.05) is 0 Å². The molecule has 0 aliphatic heterocycles. The largest absolute Gasteiger partial charge is 0.480 e. The van der Waals surface area contributed by atoms with Crippen LogP contribution in [0.25, 0.3) is 0 Å². The normalized spacial score (nSPS) is 11.2. The summed E-state index contributed by atoms with van der Waals surface area (Å²) in [5, 5.41) is 8.18. The molecule has 0 rings (SSSR count). The molecule has 0 bridgehead atoms. The minimum absolute atomic E-state index is 0.274. The first kappa shape index (κ1) is 10.7. The van der Waals surface area contributed by atoms with E-state index in [-0.39, 0.29) is 13.2 Å². The molecule has 0 aromatic heterocycles. The van der Waals surface area contributed by atoms with Crippen LogP contribution in [0.1, 0.15) is 6.42 Å². The summed E-state index contributed by atoms with van der Waals surface area (Å²) in [6, 6.07) is 0. The molecule has 0 aliphatic rings. The van der Waals surface area contributed by atoms with Crippen molar-refractivity contribution in [3.05, 3.63) is 11.9 Å². The average Bonchev–Trinajstić information content (AvgIpc) is 1.98. The summed E-state index contributed by atoms with van der Waals surface area (Å²) in [7, 11) is 0. The van der Waals surface area contributed by atoms with Crippen molar-refractivity contribution in [3.63, 3.8) is 0 Å². The first-order valence-electron chi connectivity index (χ1n) is 3.37. The Kier molecular flexibility index (Phi) is 5.76. The van der Waals surface area contributed by atoms with E-state index in [4.69, 9.17) is 21.4 Å². The fraction of sp³-hybridized carbons (Fsp3) is 0.500. The van der Waals surface area contributed by atoms with Crippen molar-refractivity contribution in [1.29, 1.82) is 0 Å². The summed E-state index contributed by atoms with van der Waals surface area (Å²) in [6.07, 6.45) is 1.88. The second-order valence-electron chi connectivity index (χ2n) is 2.08. The third kappa shape index (κ3) is 6.84. The summed E-state index contributed by atoms with van der Waals surface area (Å²) < 4.78 is 4.72. The first-order valence-corrected chi connectivity index (χ1v) is 3.37. The van der Waals surface area contributed by atoms with Gasteiger partial charge in [-0.25, -0.2) is 4.79 Å². The van der Waals surface area contributed by atoms with Crippen LogP contribution in [0.5, 0.6) is 0 Å². The molecule has 0 saturated heterocycles. The average molecular weight is 175 g/mol. The number of nitrogens with one attached hydrogen (secondary N) is 1. The topological polar surface area (TPSA) is 111 Å². The molecular weight excluding hydrogens is 162 g/mol. The van der Waals surface area contributed by atoms with E-state index in [1.807, 2.05) is 0 Å². The van der Waals surface area contributed by atoms with Gasteiger partial charge in [-0.2, -0.15) is 0 Å². The lowest BCUT2D eigenvalue weighted by Crippen LogP contribution is -2.17. The standard InChI is InChI=1S/C6H13N3O3/c7-5(3-9-8)1-2-12-4-6(10)11/h3,9H,1-2,4,7-8H2,(H,10,11)/b5-3-. The molecule has 0 radical (unpaired) electrons. The zero-order valence-corrected chi connectivity index (χ0v) is 6.62. The number of rotatable bonds is 6. The zero-order valence-electron chi connectivity index (χ0n) is 6.62. The zero-order chi connectivity index (χ0) is 9.40. The van der Waals surface area contributed by atoms with E-state index in [0.717, 1.165) is 0 Å². The van der Waals surface area contributed by atoms with Crippen molar-refractivity contribution in [2.75, 3.05) is 13.2 Å². The molecule has 0 spiro atoms. The number of carboxylic acids is 1. The van der Waals surface area contributed by atoms with Crippen molar-refractivity contribution in [2.24, 2.45) is 11.6 Å². The number of hydrogen-bond donors (Lipinski definition) is 4. The summed E-state index contributed by atoms with van der Waals surface area (Å²) in [6.45, 7) is -0.0281. The summed E-state index contributed by atoms with van der Waals surface area (Å²) in [5.41, 5.74) is 8.17. The predicted molar refractivity (Wildman–Crippen MR) is 42.7 cm³/mol. The third-order valence-corrected chi connectivity index (χ3v) is 1.03. The SMILES string of the molecule is NN/C=C(\N)CCOCC(=O)O. The molecule has 0 aromatic carbocycles. The number of carboxylic acid groups (broad SMARTS) is 1. The Morgan fingerprint density at radius 1 is 1.67 bits per heavy atom. The number of ether oxygens (including phenoxy) is 1. The van der Waals surface area contributed by atoms with Crippen LogP contribution in [0.15, 0.2) is 11.9 Å². The van der Waals surface area contributed by atoms with Crippen LogP contribution in [0.2, 0.25) is 0 Å². The Labute approximate surface area is 70.1 Å². The highest BCUT2D eigenvalue weighted by Gasteiger charge is 1.96. The molecular formula is C6H13N3O3. The Balaban J connectivity index is 3.31. The molecule has 0 aromatic rings. The van der Waals surface area contributed by atoms with Gasteiger partial charge in [0, 0.05) is 18.3 Å². The number of hydrogen-bond acceptors (Lipinski definition) is 5. The van der Waals surface area contributed by atoms with Gasteiger partial charge in [0.25, 0.3) is 0 Å². The lowest BCUT2D eigenvalue weighted by molar-refractivity contribution is -0.142. The molecule has 0 atom stereocenters. The molecule has 6 N–H and O–H groups in total. The van der Waals surface area contributed by atoms with Gasteiger partial charge >= 0.3 is 5.97 Å². The molecule has 0 heterocycles. The molecule has 0 amide bonds. The monoisotopic (exact) mass is 175 g/mol. The van der Waals surface area contributed by atoms with Gasteiger partial charge in [-0.15, -0.1) is 0 Å². The van der Waals surface area contributed by atoms with Crippen LogP contribution < -0.4 is 17.0 Å². The predicted octanol–water partition coefficient (Wildman–Crippen LogP) is -1.26. The molecule has 0 aliphatic carbocycles. The number of nitrogens with two attached hydrogens (primary N) is 2. The van der Waals surface area contributed by atoms with E-state index < -0.39 is 5.97 Å². The number of carbonyl (C=O) groups is 1. The van der Waals surface area contributed by atoms with Gasteiger partial charge in [0.2, 0.25) is 0 Å². The van der Waals surface area contributed by atoms with Gasteiger partial charge in [0.15, 0.2) is 0 Å². The van der Waals surface area contributed by atoms with Crippen LogP contribution in [0.4, 0.5) is 0 Å². The van der Waals surface area contributed by atoms with Gasteiger partial charge in [0.05, 0.1) is 6.61 Å². The van der Waals surface area contributed by atoms with E-state index in [0.29, 0.717) is 12.1 Å². The summed E-state index contributed by atoms with van der Waals surface area (Å²) in [5.74, 6) is 3.95. The van der Waals surface area contributed by atoms with Crippen molar-refractivity contribution in [3.8, 4) is 0 Å². The van der Waals surface area contributed by atoms with Gasteiger partial charge in [-0.3, -0.25) is 5.84 Å². The second-order valence-corrected chi connectivity index (χ2v) is 2.08. The Morgan fingerprint density at radius 2 is 2.33 bits per heavy atom. The van der Waals surface area contributed by atoms with E-state index in [9.17, 15) is 4.79 Å². The van der Waals surface area contributed by atoms with Crippen molar-refractivity contribution in [2.45, 2.75) is 6.42 Å². The Bertz CT molecular complexity index is 169. The molecule has 0 unspecified atom stereocenters. The fourth-order valence-corrected chi connectivity index (χ4v) is 0.529. The van der Waals surface area contributed by atoms with Crippen molar-refractivity contribution in [1.82, 2.24) is 5.43 Å². The van der Waals surface area contributed by atoms with Crippen LogP contribution in [-0.4, -0.2) is 24.3 Å². The third-order valence-electron chi connectivity index (χ3n) is 1.03. The quantitative estimate of drug-likeness (QED) is 0.228. The minimum atomic E-state index is -0.991. The molecule has 70 valence electrons. The maximum atomic E-state index is 9.97. The van der Waals surface area contributed by atoms with Crippen LogP contribution >= 0.6 is 0 Å². The summed E-state index contributed by atoms with van der Waals surface area (Å²) >= 11 is 0. The van der Waals surface area contributed by atoms with Gasteiger partial charge in [0.1, 0.15) is 6.61 Å². The Morgan fingerprint density at radius 3 is 2.83 bits per heavy atom. The van der Waals surface area contributed by atoms with Crippen LogP contribution in [0.3, 0.4) is 0 Å². The van der Waals surface area contributed by atoms with E-state index >= 15 is 0 Å². The molecule has 6 heteroatoms. The number of aliphatic carboxylic acids is 1. The minimum Gasteiger partial charge on any atom is -0.480 e. The molecule has 12 heavy (non-hydrogen) atoms. The van der Waals surface area contributed by atoms with Gasteiger partial charge in [-0.05, 0) is 0 Å². The van der Waals surface area contributed by atoms with Gasteiger partial charge < -0.3 is 21.0 Å². The number of hydrazine groups is 1. The maximum absolute atomic E-state index is 9.97. The Hall–Kier alpha value is -1.27. The molecule has 0 fully saturated rings. The highest BCUT2D eigenvalue weighted by molar-refractivity contribution is 5.67. The van der Waals surface area contributed by atoms with E-state index in [2.05, 4.69) is 5.43 Å². The molecule has 0 saturated carbocycles. The fourth-order valence-electron chi connectivity index (χ4n) is 0.529. The molecule has 6 nitrogen and oxygen atoms in total.